The lowest BCUT2D eigenvalue weighted by atomic mass is 9.72. The van der Waals surface area contributed by atoms with Crippen LogP contribution in [0.4, 0.5) is 0 Å². The van der Waals surface area contributed by atoms with E-state index in [1.54, 1.807) is 7.05 Å². The predicted molar refractivity (Wildman–Crippen MR) is 57.3 cm³/mol. The molecule has 1 rings (SSSR count). The standard InChI is InChI=1S/C11H21NO3/c1-8-4-9(2)6-11(5-8,15-12-3)7-10(13)14/h8-9,12H,4-7H2,1-3H3,(H,13,14). The van der Waals surface area contributed by atoms with Crippen LogP contribution in [-0.4, -0.2) is 23.7 Å². The lowest BCUT2D eigenvalue weighted by Gasteiger charge is -2.41. The molecule has 0 heterocycles. The fourth-order valence-electron chi connectivity index (χ4n) is 2.96. The molecule has 1 aliphatic rings. The summed E-state index contributed by atoms with van der Waals surface area (Å²) < 4.78 is 0. The molecule has 0 bridgehead atoms. The van der Waals surface area contributed by atoms with Crippen molar-refractivity contribution in [2.24, 2.45) is 11.8 Å². The molecule has 15 heavy (non-hydrogen) atoms. The van der Waals surface area contributed by atoms with Crippen LogP contribution in [0.3, 0.4) is 0 Å². The number of aliphatic carboxylic acids is 1. The van der Waals surface area contributed by atoms with Crippen molar-refractivity contribution in [1.82, 2.24) is 5.48 Å². The predicted octanol–water partition coefficient (Wildman–Crippen LogP) is 1.81. The van der Waals surface area contributed by atoms with Gasteiger partial charge in [-0.25, -0.2) is 5.48 Å². The van der Waals surface area contributed by atoms with Gasteiger partial charge in [0.05, 0.1) is 6.42 Å². The Morgan fingerprint density at radius 2 is 2.00 bits per heavy atom. The van der Waals surface area contributed by atoms with Crippen molar-refractivity contribution >= 4 is 5.97 Å². The van der Waals surface area contributed by atoms with Crippen LogP contribution < -0.4 is 5.48 Å². The lowest BCUT2D eigenvalue weighted by molar-refractivity contribution is -0.164. The summed E-state index contributed by atoms with van der Waals surface area (Å²) in [6.45, 7) is 4.32. The first-order chi connectivity index (χ1) is 6.97. The van der Waals surface area contributed by atoms with E-state index in [0.29, 0.717) is 11.8 Å². The zero-order valence-corrected chi connectivity index (χ0v) is 9.75. The first-order valence-electron chi connectivity index (χ1n) is 5.54. The Hall–Kier alpha value is -0.610. The monoisotopic (exact) mass is 215 g/mol. The first-order valence-corrected chi connectivity index (χ1v) is 5.54. The van der Waals surface area contributed by atoms with E-state index >= 15 is 0 Å². The lowest BCUT2D eigenvalue weighted by Crippen LogP contribution is -2.45. The summed E-state index contributed by atoms with van der Waals surface area (Å²) in [6, 6.07) is 0. The summed E-state index contributed by atoms with van der Waals surface area (Å²) in [4.78, 5) is 16.3. The van der Waals surface area contributed by atoms with E-state index in [2.05, 4.69) is 19.3 Å². The summed E-state index contributed by atoms with van der Waals surface area (Å²) in [7, 11) is 1.69. The van der Waals surface area contributed by atoms with Crippen molar-refractivity contribution in [3.63, 3.8) is 0 Å². The van der Waals surface area contributed by atoms with Crippen molar-refractivity contribution in [3.05, 3.63) is 0 Å². The average Bonchev–Trinajstić information content (AvgIpc) is 1.99. The quantitative estimate of drug-likeness (QED) is 0.702. The van der Waals surface area contributed by atoms with Gasteiger partial charge in [-0.1, -0.05) is 13.8 Å². The van der Waals surface area contributed by atoms with Crippen LogP contribution in [0, 0.1) is 11.8 Å². The van der Waals surface area contributed by atoms with Crippen LogP contribution in [0.1, 0.15) is 39.5 Å². The Kier molecular flexibility index (Phi) is 4.11. The van der Waals surface area contributed by atoms with Gasteiger partial charge in [0.25, 0.3) is 0 Å². The van der Waals surface area contributed by atoms with Crippen molar-refractivity contribution in [2.75, 3.05) is 7.05 Å². The minimum absolute atomic E-state index is 0.0858. The van der Waals surface area contributed by atoms with Gasteiger partial charge in [-0.15, -0.1) is 0 Å². The van der Waals surface area contributed by atoms with Crippen molar-refractivity contribution < 1.29 is 14.7 Å². The van der Waals surface area contributed by atoms with Crippen LogP contribution in [0.15, 0.2) is 0 Å². The molecule has 4 heteroatoms. The molecule has 2 unspecified atom stereocenters. The molecule has 0 saturated heterocycles. The summed E-state index contributed by atoms with van der Waals surface area (Å²) in [5.41, 5.74) is 2.15. The zero-order valence-electron chi connectivity index (χ0n) is 9.75. The Balaban J connectivity index is 2.73. The van der Waals surface area contributed by atoms with E-state index in [9.17, 15) is 4.79 Å². The number of hydrogen-bond donors (Lipinski definition) is 2. The smallest absolute Gasteiger partial charge is 0.306 e. The molecule has 2 atom stereocenters. The van der Waals surface area contributed by atoms with Crippen molar-refractivity contribution in [2.45, 2.75) is 45.1 Å². The summed E-state index contributed by atoms with van der Waals surface area (Å²) >= 11 is 0. The van der Waals surface area contributed by atoms with Gasteiger partial charge in [0.1, 0.15) is 5.60 Å². The number of rotatable bonds is 4. The van der Waals surface area contributed by atoms with Gasteiger partial charge in [-0.2, -0.15) is 0 Å². The molecule has 4 nitrogen and oxygen atoms in total. The molecule has 0 amide bonds. The fraction of sp³-hybridized carbons (Fsp3) is 0.909. The molecule has 0 aromatic carbocycles. The van der Waals surface area contributed by atoms with Crippen LogP contribution >= 0.6 is 0 Å². The molecule has 88 valence electrons. The van der Waals surface area contributed by atoms with Crippen LogP contribution in [-0.2, 0) is 9.63 Å². The molecule has 1 fully saturated rings. The summed E-state index contributed by atoms with van der Waals surface area (Å²) in [5, 5.41) is 8.92. The summed E-state index contributed by atoms with van der Waals surface area (Å²) in [6.07, 6.45) is 2.89. The Morgan fingerprint density at radius 1 is 1.47 bits per heavy atom. The molecule has 0 aliphatic heterocycles. The van der Waals surface area contributed by atoms with Gasteiger partial charge in [-0.05, 0) is 31.1 Å². The molecule has 0 spiro atoms. The van der Waals surface area contributed by atoms with E-state index in [0.717, 1.165) is 19.3 Å². The normalized spacial score (nSPS) is 36.5. The van der Waals surface area contributed by atoms with Crippen LogP contribution in [0.2, 0.25) is 0 Å². The minimum Gasteiger partial charge on any atom is -0.481 e. The van der Waals surface area contributed by atoms with E-state index in [1.807, 2.05) is 0 Å². The SMILES string of the molecule is CNOC1(CC(=O)O)CC(C)CC(C)C1. The second-order valence-corrected chi connectivity index (χ2v) is 4.91. The van der Waals surface area contributed by atoms with Crippen molar-refractivity contribution in [1.29, 1.82) is 0 Å². The van der Waals surface area contributed by atoms with Crippen LogP contribution in [0.25, 0.3) is 0 Å². The maximum Gasteiger partial charge on any atom is 0.306 e. The van der Waals surface area contributed by atoms with Gasteiger partial charge in [0.2, 0.25) is 0 Å². The number of hydroxylamine groups is 1. The van der Waals surface area contributed by atoms with Gasteiger partial charge >= 0.3 is 5.97 Å². The fourth-order valence-corrected chi connectivity index (χ4v) is 2.96. The molecule has 0 aromatic rings. The van der Waals surface area contributed by atoms with Gasteiger partial charge < -0.3 is 5.11 Å². The molecular weight excluding hydrogens is 194 g/mol. The number of carboxylic acid groups (broad SMARTS) is 1. The van der Waals surface area contributed by atoms with E-state index < -0.39 is 11.6 Å². The largest absolute Gasteiger partial charge is 0.481 e. The second kappa shape index (κ2) is 4.94. The number of carbonyl (C=O) groups is 1. The molecule has 1 saturated carbocycles. The highest BCUT2D eigenvalue weighted by molar-refractivity contribution is 5.68. The highest BCUT2D eigenvalue weighted by atomic mass is 16.7. The number of carboxylic acids is 1. The van der Waals surface area contributed by atoms with Gasteiger partial charge in [-0.3, -0.25) is 9.63 Å². The second-order valence-electron chi connectivity index (χ2n) is 4.91. The maximum absolute atomic E-state index is 10.9. The Bertz CT molecular complexity index is 220. The molecule has 0 radical (unpaired) electrons. The number of nitrogens with one attached hydrogen (secondary N) is 1. The van der Waals surface area contributed by atoms with Gasteiger partial charge in [0.15, 0.2) is 0 Å². The highest BCUT2D eigenvalue weighted by Crippen LogP contribution is 2.40. The topological polar surface area (TPSA) is 58.6 Å². The molecule has 0 aromatic heterocycles. The highest BCUT2D eigenvalue weighted by Gasteiger charge is 2.41. The summed E-state index contributed by atoms with van der Waals surface area (Å²) in [5.74, 6) is 0.273. The maximum atomic E-state index is 10.9. The number of hydrogen-bond acceptors (Lipinski definition) is 3. The van der Waals surface area contributed by atoms with Crippen LogP contribution in [0.5, 0.6) is 0 Å². The molecular formula is C11H21NO3. The van der Waals surface area contributed by atoms with Gasteiger partial charge in [0, 0.05) is 7.05 Å². The van der Waals surface area contributed by atoms with E-state index in [1.165, 1.54) is 0 Å². The third-order valence-corrected chi connectivity index (χ3v) is 3.04. The van der Waals surface area contributed by atoms with E-state index in [-0.39, 0.29) is 6.42 Å². The van der Waals surface area contributed by atoms with Crippen molar-refractivity contribution in [3.8, 4) is 0 Å². The first kappa shape index (κ1) is 12.5. The third kappa shape index (κ3) is 3.47. The average molecular weight is 215 g/mol. The zero-order chi connectivity index (χ0) is 11.5. The Labute approximate surface area is 91.0 Å². The van der Waals surface area contributed by atoms with E-state index in [4.69, 9.17) is 9.94 Å². The molecule has 1 aliphatic carbocycles. The molecule has 2 N–H and O–H groups in total. The third-order valence-electron chi connectivity index (χ3n) is 3.04. The minimum atomic E-state index is -0.786. The Morgan fingerprint density at radius 3 is 2.40 bits per heavy atom.